The van der Waals surface area contributed by atoms with Gasteiger partial charge in [-0.3, -0.25) is 4.79 Å². The Labute approximate surface area is 122 Å². The fraction of sp³-hybridized carbons (Fsp3) is 0.588. The lowest BCUT2D eigenvalue weighted by molar-refractivity contribution is -0.121. The van der Waals surface area contributed by atoms with Gasteiger partial charge in [0.15, 0.2) is 0 Å². The lowest BCUT2D eigenvalue weighted by Crippen LogP contribution is -2.36. The Morgan fingerprint density at radius 1 is 1.15 bits per heavy atom. The molecule has 2 rings (SSSR count). The summed E-state index contributed by atoms with van der Waals surface area (Å²) >= 11 is 0. The zero-order valence-electron chi connectivity index (χ0n) is 12.7. The topological polar surface area (TPSA) is 41.1 Å². The summed E-state index contributed by atoms with van der Waals surface area (Å²) in [6.45, 7) is 4.91. The molecule has 0 heterocycles. The van der Waals surface area contributed by atoms with Crippen LogP contribution in [0, 0.1) is 13.8 Å². The molecule has 20 heavy (non-hydrogen) atoms. The van der Waals surface area contributed by atoms with Crippen LogP contribution in [0.15, 0.2) is 18.2 Å². The summed E-state index contributed by atoms with van der Waals surface area (Å²) in [5.74, 6) is 0.174. The summed E-state index contributed by atoms with van der Waals surface area (Å²) in [5.41, 5.74) is 3.67. The van der Waals surface area contributed by atoms with Gasteiger partial charge < -0.3 is 10.6 Å². The molecule has 0 saturated heterocycles. The molecular formula is C17H26N2O. The van der Waals surface area contributed by atoms with Crippen molar-refractivity contribution in [3.63, 3.8) is 0 Å². The lowest BCUT2D eigenvalue weighted by Gasteiger charge is -2.22. The Bertz CT molecular complexity index is 450. The van der Waals surface area contributed by atoms with E-state index in [2.05, 4.69) is 42.7 Å². The molecule has 2 N–H and O–H groups in total. The van der Waals surface area contributed by atoms with Crippen molar-refractivity contribution in [2.45, 2.75) is 58.4 Å². The molecule has 3 nitrogen and oxygen atoms in total. The summed E-state index contributed by atoms with van der Waals surface area (Å²) < 4.78 is 0. The Balaban J connectivity index is 1.69. The van der Waals surface area contributed by atoms with Crippen LogP contribution in [0.3, 0.4) is 0 Å². The van der Waals surface area contributed by atoms with Gasteiger partial charge in [0, 0.05) is 24.7 Å². The number of rotatable bonds is 5. The highest BCUT2D eigenvalue weighted by molar-refractivity contribution is 5.76. The van der Waals surface area contributed by atoms with E-state index in [-0.39, 0.29) is 5.91 Å². The highest BCUT2D eigenvalue weighted by atomic mass is 16.1. The maximum absolute atomic E-state index is 11.9. The Hall–Kier alpha value is -1.51. The standard InChI is InChI=1S/C17H26N2O/c1-13-8-9-16(12-14(13)2)18-11-10-17(20)19-15-6-4-3-5-7-15/h8-9,12,15,18H,3-7,10-11H2,1-2H3,(H,19,20). The van der Waals surface area contributed by atoms with E-state index in [0.717, 1.165) is 18.5 Å². The monoisotopic (exact) mass is 274 g/mol. The van der Waals surface area contributed by atoms with Crippen LogP contribution in [0.5, 0.6) is 0 Å². The molecule has 0 aromatic heterocycles. The van der Waals surface area contributed by atoms with Gasteiger partial charge in [-0.15, -0.1) is 0 Å². The fourth-order valence-electron chi connectivity index (χ4n) is 2.72. The van der Waals surface area contributed by atoms with Crippen LogP contribution in [-0.4, -0.2) is 18.5 Å². The summed E-state index contributed by atoms with van der Waals surface area (Å²) in [6.07, 6.45) is 6.68. The predicted octanol–water partition coefficient (Wildman–Crippen LogP) is 3.55. The lowest BCUT2D eigenvalue weighted by atomic mass is 9.95. The number of benzene rings is 1. The predicted molar refractivity (Wildman–Crippen MR) is 84.0 cm³/mol. The average Bonchev–Trinajstić information content (AvgIpc) is 2.44. The number of nitrogens with one attached hydrogen (secondary N) is 2. The molecule has 0 aliphatic heterocycles. The summed E-state index contributed by atoms with van der Waals surface area (Å²) in [7, 11) is 0. The van der Waals surface area contributed by atoms with Crippen molar-refractivity contribution in [3.05, 3.63) is 29.3 Å². The van der Waals surface area contributed by atoms with Gasteiger partial charge in [0.2, 0.25) is 5.91 Å². The molecule has 0 unspecified atom stereocenters. The number of amides is 1. The summed E-state index contributed by atoms with van der Waals surface area (Å²) in [6, 6.07) is 6.73. The molecule has 1 aliphatic rings. The van der Waals surface area contributed by atoms with Crippen LogP contribution >= 0.6 is 0 Å². The van der Waals surface area contributed by atoms with Crippen molar-refractivity contribution in [2.75, 3.05) is 11.9 Å². The van der Waals surface area contributed by atoms with Gasteiger partial charge in [-0.2, -0.15) is 0 Å². The van der Waals surface area contributed by atoms with Crippen molar-refractivity contribution in [1.82, 2.24) is 5.32 Å². The van der Waals surface area contributed by atoms with Crippen LogP contribution in [0.2, 0.25) is 0 Å². The zero-order chi connectivity index (χ0) is 14.4. The van der Waals surface area contributed by atoms with E-state index in [1.54, 1.807) is 0 Å². The van der Waals surface area contributed by atoms with Crippen molar-refractivity contribution in [1.29, 1.82) is 0 Å². The highest BCUT2D eigenvalue weighted by Gasteiger charge is 2.15. The molecular weight excluding hydrogens is 248 g/mol. The molecule has 1 amide bonds. The first-order chi connectivity index (χ1) is 9.65. The number of hydrogen-bond donors (Lipinski definition) is 2. The third kappa shape index (κ3) is 4.55. The molecule has 3 heteroatoms. The molecule has 1 aromatic rings. The first kappa shape index (κ1) is 14.9. The van der Waals surface area contributed by atoms with Gasteiger partial charge in [-0.05, 0) is 49.9 Å². The highest BCUT2D eigenvalue weighted by Crippen LogP contribution is 2.17. The fourth-order valence-corrected chi connectivity index (χ4v) is 2.72. The number of aryl methyl sites for hydroxylation is 2. The third-order valence-electron chi connectivity index (χ3n) is 4.16. The minimum atomic E-state index is 0.174. The Kier molecular flexibility index (Phi) is 5.45. The van der Waals surface area contributed by atoms with Crippen molar-refractivity contribution < 1.29 is 4.79 Å². The maximum Gasteiger partial charge on any atom is 0.221 e. The van der Waals surface area contributed by atoms with Gasteiger partial charge in [0.05, 0.1) is 0 Å². The van der Waals surface area contributed by atoms with Crippen LogP contribution < -0.4 is 10.6 Å². The van der Waals surface area contributed by atoms with Crippen molar-refractivity contribution in [3.8, 4) is 0 Å². The van der Waals surface area contributed by atoms with Gasteiger partial charge >= 0.3 is 0 Å². The molecule has 1 fully saturated rings. The van der Waals surface area contributed by atoms with Crippen LogP contribution in [0.1, 0.15) is 49.7 Å². The Morgan fingerprint density at radius 3 is 2.60 bits per heavy atom. The van der Waals surface area contributed by atoms with Gasteiger partial charge in [0.1, 0.15) is 0 Å². The van der Waals surface area contributed by atoms with Crippen molar-refractivity contribution >= 4 is 11.6 Å². The van der Waals surface area contributed by atoms with Crippen LogP contribution in [0.25, 0.3) is 0 Å². The molecule has 1 aliphatic carbocycles. The second-order valence-electron chi connectivity index (χ2n) is 5.88. The second-order valence-corrected chi connectivity index (χ2v) is 5.88. The van der Waals surface area contributed by atoms with Crippen LogP contribution in [0.4, 0.5) is 5.69 Å². The average molecular weight is 274 g/mol. The van der Waals surface area contributed by atoms with Crippen molar-refractivity contribution in [2.24, 2.45) is 0 Å². The quantitative estimate of drug-likeness (QED) is 0.862. The van der Waals surface area contributed by atoms with Gasteiger partial charge in [0.25, 0.3) is 0 Å². The third-order valence-corrected chi connectivity index (χ3v) is 4.16. The maximum atomic E-state index is 11.9. The number of carbonyl (C=O) groups excluding carboxylic acids is 1. The van der Waals surface area contributed by atoms with E-state index < -0.39 is 0 Å². The normalized spacial score (nSPS) is 15.9. The largest absolute Gasteiger partial charge is 0.385 e. The summed E-state index contributed by atoms with van der Waals surface area (Å²) in [4.78, 5) is 11.9. The van der Waals surface area contributed by atoms with Gasteiger partial charge in [-0.25, -0.2) is 0 Å². The van der Waals surface area contributed by atoms with E-state index in [1.165, 1.54) is 30.4 Å². The molecule has 1 aromatic carbocycles. The number of carbonyl (C=O) groups is 1. The molecule has 0 spiro atoms. The van der Waals surface area contributed by atoms with Crippen LogP contribution in [-0.2, 0) is 4.79 Å². The first-order valence-corrected chi connectivity index (χ1v) is 7.75. The summed E-state index contributed by atoms with van der Waals surface area (Å²) in [5, 5.41) is 6.47. The number of anilines is 1. The SMILES string of the molecule is Cc1ccc(NCCC(=O)NC2CCCCC2)cc1C. The number of hydrogen-bond acceptors (Lipinski definition) is 2. The Morgan fingerprint density at radius 2 is 1.90 bits per heavy atom. The smallest absolute Gasteiger partial charge is 0.221 e. The molecule has 0 bridgehead atoms. The first-order valence-electron chi connectivity index (χ1n) is 7.75. The van der Waals surface area contributed by atoms with E-state index in [1.807, 2.05) is 0 Å². The molecule has 0 radical (unpaired) electrons. The van der Waals surface area contributed by atoms with Gasteiger partial charge in [-0.1, -0.05) is 25.3 Å². The zero-order valence-corrected chi connectivity index (χ0v) is 12.7. The second kappa shape index (κ2) is 7.32. The van der Waals surface area contributed by atoms with E-state index in [9.17, 15) is 4.79 Å². The van der Waals surface area contributed by atoms with E-state index in [4.69, 9.17) is 0 Å². The van der Waals surface area contributed by atoms with E-state index >= 15 is 0 Å². The van der Waals surface area contributed by atoms with E-state index in [0.29, 0.717) is 19.0 Å². The molecule has 0 atom stereocenters. The minimum absolute atomic E-state index is 0.174. The minimum Gasteiger partial charge on any atom is -0.385 e. The molecule has 1 saturated carbocycles. The molecule has 110 valence electrons.